The van der Waals surface area contributed by atoms with Crippen LogP contribution in [0.2, 0.25) is 0 Å². The van der Waals surface area contributed by atoms with Crippen molar-refractivity contribution in [1.29, 1.82) is 0 Å². The van der Waals surface area contributed by atoms with Gasteiger partial charge in [-0.2, -0.15) is 0 Å². The molecule has 0 saturated heterocycles. The summed E-state index contributed by atoms with van der Waals surface area (Å²) >= 11 is 0. The predicted octanol–water partition coefficient (Wildman–Crippen LogP) is 7.96. The zero-order chi connectivity index (χ0) is 23.3. The van der Waals surface area contributed by atoms with Crippen LogP contribution in [0, 0.1) is 0 Å². The zero-order valence-corrected chi connectivity index (χ0v) is 19.6. The predicted molar refractivity (Wildman–Crippen MR) is 142 cm³/mol. The molecule has 164 valence electrons. The molecule has 6 rings (SSSR count). The van der Waals surface area contributed by atoms with Crippen LogP contribution in [0.5, 0.6) is 0 Å². The highest BCUT2D eigenvalue weighted by atomic mass is 14.8. The average Bonchev–Trinajstić information content (AvgIpc) is 2.87. The lowest BCUT2D eigenvalue weighted by Crippen LogP contribution is -2.12. The molecule has 3 heteroatoms. The van der Waals surface area contributed by atoms with Gasteiger partial charge in [-0.05, 0) is 51.4 Å². The van der Waals surface area contributed by atoms with Crippen molar-refractivity contribution < 1.29 is 0 Å². The Morgan fingerprint density at radius 2 is 1.26 bits per heavy atom. The Labute approximate surface area is 199 Å². The van der Waals surface area contributed by atoms with E-state index in [0.717, 1.165) is 38.8 Å². The Balaban J connectivity index is 1.48. The maximum atomic E-state index is 4.71. The van der Waals surface area contributed by atoms with Gasteiger partial charge in [0.2, 0.25) is 0 Å². The second kappa shape index (κ2) is 7.74. The summed E-state index contributed by atoms with van der Waals surface area (Å²) in [6.07, 6.45) is 3.60. The highest BCUT2D eigenvalue weighted by Gasteiger charge is 2.19. The minimum absolute atomic E-state index is 0.0261. The molecule has 2 heterocycles. The van der Waals surface area contributed by atoms with Gasteiger partial charge in [0, 0.05) is 28.1 Å². The molecule has 0 aliphatic carbocycles. The maximum Gasteiger partial charge on any atom is 0.116 e. The molecule has 2 aromatic heterocycles. The van der Waals surface area contributed by atoms with E-state index in [-0.39, 0.29) is 5.41 Å². The van der Waals surface area contributed by atoms with Crippen molar-refractivity contribution in [1.82, 2.24) is 15.0 Å². The van der Waals surface area contributed by atoms with Gasteiger partial charge < -0.3 is 0 Å². The van der Waals surface area contributed by atoms with Crippen molar-refractivity contribution in [2.45, 2.75) is 26.2 Å². The summed E-state index contributed by atoms with van der Waals surface area (Å²) in [5.41, 5.74) is 6.28. The fraction of sp³-hybridized carbons (Fsp3) is 0.129. The van der Waals surface area contributed by atoms with Gasteiger partial charge in [0.05, 0.1) is 16.9 Å². The van der Waals surface area contributed by atoms with Crippen LogP contribution in [0.3, 0.4) is 0 Å². The van der Waals surface area contributed by atoms with Crippen molar-refractivity contribution in [3.63, 3.8) is 0 Å². The van der Waals surface area contributed by atoms with E-state index in [9.17, 15) is 0 Å². The molecule has 0 saturated carbocycles. The van der Waals surface area contributed by atoms with E-state index >= 15 is 0 Å². The molecule has 0 aliphatic rings. The van der Waals surface area contributed by atoms with Gasteiger partial charge in [-0.15, -0.1) is 0 Å². The fourth-order valence-electron chi connectivity index (χ4n) is 4.77. The average molecular weight is 440 g/mol. The van der Waals surface area contributed by atoms with Gasteiger partial charge in [0.1, 0.15) is 6.33 Å². The number of hydrogen-bond donors (Lipinski definition) is 0. The van der Waals surface area contributed by atoms with E-state index in [1.807, 2.05) is 12.3 Å². The van der Waals surface area contributed by atoms with E-state index in [1.165, 1.54) is 21.7 Å². The van der Waals surface area contributed by atoms with E-state index in [4.69, 9.17) is 4.98 Å². The number of aromatic nitrogens is 3. The van der Waals surface area contributed by atoms with E-state index in [1.54, 1.807) is 6.33 Å². The SMILES string of the molecule is CC(C)(C)c1cc(-c2cc(-c3ccc4c(c3)ncc3ccccc34)ncn2)cc2ccccc12. The molecular weight excluding hydrogens is 414 g/mol. The van der Waals surface area contributed by atoms with Crippen molar-refractivity contribution in [2.24, 2.45) is 0 Å². The summed E-state index contributed by atoms with van der Waals surface area (Å²) in [4.78, 5) is 13.9. The molecule has 0 unspecified atom stereocenters. The maximum absolute atomic E-state index is 4.71. The zero-order valence-electron chi connectivity index (χ0n) is 19.6. The minimum Gasteiger partial charge on any atom is -0.256 e. The number of hydrogen-bond acceptors (Lipinski definition) is 3. The number of benzene rings is 4. The lowest BCUT2D eigenvalue weighted by atomic mass is 9.82. The number of pyridine rings is 1. The molecule has 6 aromatic rings. The highest BCUT2D eigenvalue weighted by Crippen LogP contribution is 2.35. The lowest BCUT2D eigenvalue weighted by molar-refractivity contribution is 0.596. The number of fused-ring (bicyclic) bond motifs is 4. The molecule has 0 radical (unpaired) electrons. The molecule has 0 spiro atoms. The van der Waals surface area contributed by atoms with Crippen LogP contribution in [-0.2, 0) is 5.41 Å². The summed E-state index contributed by atoms with van der Waals surface area (Å²) in [6.45, 7) is 6.78. The standard InChI is InChI=1S/C31H25N3/c1-31(2,3)27-15-23(14-20-8-4-7-11-25(20)27)29-17-28(33-19-34-29)21-12-13-26-24-10-6-5-9-22(24)18-32-30(26)16-21/h4-19H,1-3H3. The molecule has 3 nitrogen and oxygen atoms in total. The summed E-state index contributed by atoms with van der Waals surface area (Å²) in [5.74, 6) is 0. The van der Waals surface area contributed by atoms with Crippen LogP contribution >= 0.6 is 0 Å². The molecule has 0 bridgehead atoms. The molecule has 0 N–H and O–H groups in total. The van der Waals surface area contributed by atoms with Crippen molar-refractivity contribution in [3.8, 4) is 22.5 Å². The Bertz CT molecular complexity index is 1690. The monoisotopic (exact) mass is 439 g/mol. The Morgan fingerprint density at radius 1 is 0.559 bits per heavy atom. The summed E-state index contributed by atoms with van der Waals surface area (Å²) in [6, 6.07) is 29.9. The van der Waals surface area contributed by atoms with Gasteiger partial charge in [0.25, 0.3) is 0 Å². The normalized spacial score (nSPS) is 12.0. The first-order valence-electron chi connectivity index (χ1n) is 11.6. The molecule has 0 fully saturated rings. The van der Waals surface area contributed by atoms with E-state index in [2.05, 4.69) is 110 Å². The third-order valence-electron chi connectivity index (χ3n) is 6.52. The van der Waals surface area contributed by atoms with Crippen molar-refractivity contribution in [3.05, 3.63) is 103 Å². The van der Waals surface area contributed by atoms with Crippen LogP contribution in [0.4, 0.5) is 0 Å². The number of rotatable bonds is 2. The van der Waals surface area contributed by atoms with Gasteiger partial charge >= 0.3 is 0 Å². The Kier molecular flexibility index (Phi) is 4.66. The third kappa shape index (κ3) is 3.50. The van der Waals surface area contributed by atoms with Crippen LogP contribution in [0.25, 0.3) is 55.0 Å². The van der Waals surface area contributed by atoms with Crippen molar-refractivity contribution in [2.75, 3.05) is 0 Å². The molecule has 0 amide bonds. The van der Waals surface area contributed by atoms with Gasteiger partial charge in [0.15, 0.2) is 0 Å². The second-order valence-corrected chi connectivity index (χ2v) is 9.86. The first kappa shape index (κ1) is 20.5. The fourth-order valence-corrected chi connectivity index (χ4v) is 4.77. The first-order chi connectivity index (χ1) is 16.5. The Morgan fingerprint density at radius 3 is 2.06 bits per heavy atom. The smallest absolute Gasteiger partial charge is 0.116 e. The lowest BCUT2D eigenvalue weighted by Gasteiger charge is -2.22. The topological polar surface area (TPSA) is 38.7 Å². The first-order valence-corrected chi connectivity index (χ1v) is 11.6. The molecule has 0 aliphatic heterocycles. The minimum atomic E-state index is 0.0261. The van der Waals surface area contributed by atoms with Gasteiger partial charge in [-0.1, -0.05) is 81.4 Å². The van der Waals surface area contributed by atoms with E-state index < -0.39 is 0 Å². The molecular formula is C31H25N3. The van der Waals surface area contributed by atoms with Gasteiger partial charge in [-0.25, -0.2) is 9.97 Å². The highest BCUT2D eigenvalue weighted by molar-refractivity contribution is 6.06. The molecule has 4 aromatic carbocycles. The van der Waals surface area contributed by atoms with E-state index in [0.29, 0.717) is 0 Å². The summed E-state index contributed by atoms with van der Waals surface area (Å²) in [5, 5.41) is 6.04. The number of nitrogens with zero attached hydrogens (tertiary/aromatic N) is 3. The summed E-state index contributed by atoms with van der Waals surface area (Å²) < 4.78 is 0. The largest absolute Gasteiger partial charge is 0.256 e. The molecule has 34 heavy (non-hydrogen) atoms. The molecule has 0 atom stereocenters. The third-order valence-corrected chi connectivity index (χ3v) is 6.52. The van der Waals surface area contributed by atoms with Crippen LogP contribution in [-0.4, -0.2) is 15.0 Å². The quantitative estimate of drug-likeness (QED) is 0.257. The van der Waals surface area contributed by atoms with Crippen LogP contribution < -0.4 is 0 Å². The van der Waals surface area contributed by atoms with Crippen LogP contribution in [0.1, 0.15) is 26.3 Å². The summed E-state index contributed by atoms with van der Waals surface area (Å²) in [7, 11) is 0. The second-order valence-electron chi connectivity index (χ2n) is 9.86. The van der Waals surface area contributed by atoms with Crippen molar-refractivity contribution >= 4 is 32.4 Å². The van der Waals surface area contributed by atoms with Gasteiger partial charge in [-0.3, -0.25) is 4.98 Å². The Hall–Kier alpha value is -4.11. The van der Waals surface area contributed by atoms with Crippen LogP contribution in [0.15, 0.2) is 97.5 Å².